The zero-order valence-electron chi connectivity index (χ0n) is 17.8. The summed E-state index contributed by atoms with van der Waals surface area (Å²) in [5, 5.41) is 0. The normalized spacial score (nSPS) is 37.4. The molecule has 2 amide bonds. The third-order valence-electron chi connectivity index (χ3n) is 7.93. The van der Waals surface area contributed by atoms with Crippen LogP contribution in [-0.2, 0) is 19.1 Å². The number of nitrogens with zero attached hydrogens (tertiary/aromatic N) is 1. The molecule has 0 spiro atoms. The van der Waals surface area contributed by atoms with Gasteiger partial charge in [0.05, 0.1) is 17.8 Å². The summed E-state index contributed by atoms with van der Waals surface area (Å²) in [7, 11) is 0. The van der Waals surface area contributed by atoms with Gasteiger partial charge in [-0.15, -0.1) is 0 Å². The smallest absolute Gasteiger partial charge is 0.309 e. The van der Waals surface area contributed by atoms with Gasteiger partial charge in [-0.05, 0) is 68.2 Å². The number of imide groups is 1. The van der Waals surface area contributed by atoms with E-state index in [0.717, 1.165) is 6.42 Å². The molecule has 0 N–H and O–H groups in total. The second-order valence-corrected chi connectivity index (χ2v) is 11.7. The van der Waals surface area contributed by atoms with Crippen LogP contribution >= 0.6 is 31.9 Å². The average molecular weight is 585 g/mol. The minimum atomic E-state index is -0.442. The third-order valence-corrected chi connectivity index (χ3v) is 11.1. The van der Waals surface area contributed by atoms with Crippen molar-refractivity contribution in [3.63, 3.8) is 0 Å². The Morgan fingerprint density at radius 1 is 0.939 bits per heavy atom. The van der Waals surface area contributed by atoms with Crippen LogP contribution in [0.3, 0.4) is 0 Å². The average Bonchev–Trinajstić information content (AvgIpc) is 3.42. The van der Waals surface area contributed by atoms with E-state index in [0.29, 0.717) is 25.7 Å². The Bertz CT molecular complexity index is 961. The second-order valence-electron chi connectivity index (χ2n) is 9.59. The maximum absolute atomic E-state index is 13.2. The molecule has 9 heteroatoms. The maximum Gasteiger partial charge on any atom is 0.309 e. The summed E-state index contributed by atoms with van der Waals surface area (Å²) in [5.41, 5.74) is 0.287. The molecule has 1 heterocycles. The number of carbonyl (C=O) groups is 4. The minimum absolute atomic E-state index is 0.0442. The molecule has 0 unspecified atom stereocenters. The fourth-order valence-corrected chi connectivity index (χ4v) is 8.15. The van der Waals surface area contributed by atoms with Crippen LogP contribution in [0.1, 0.15) is 42.5 Å². The summed E-state index contributed by atoms with van der Waals surface area (Å²) < 4.78 is 18.2. The van der Waals surface area contributed by atoms with Gasteiger partial charge in [-0.3, -0.25) is 24.1 Å². The highest BCUT2D eigenvalue weighted by Crippen LogP contribution is 2.60. The van der Waals surface area contributed by atoms with Crippen molar-refractivity contribution >= 4 is 55.4 Å². The number of ether oxygens (including phenoxy) is 1. The summed E-state index contributed by atoms with van der Waals surface area (Å²) in [6.07, 6.45) is 3.05. The highest BCUT2D eigenvalue weighted by molar-refractivity contribution is 9.12. The number of rotatable bonds is 5. The van der Waals surface area contributed by atoms with E-state index in [1.54, 1.807) is 0 Å². The molecule has 1 aliphatic heterocycles. The molecule has 6 atom stereocenters. The topological polar surface area (TPSA) is 80.8 Å². The first-order valence-electron chi connectivity index (χ1n) is 11.4. The van der Waals surface area contributed by atoms with E-state index in [-0.39, 0.29) is 75.1 Å². The van der Waals surface area contributed by atoms with Crippen LogP contribution in [0.2, 0.25) is 0 Å². The van der Waals surface area contributed by atoms with Gasteiger partial charge in [0.15, 0.2) is 12.4 Å². The van der Waals surface area contributed by atoms with Crippen molar-refractivity contribution in [2.24, 2.45) is 29.6 Å². The first-order chi connectivity index (χ1) is 15.8. The van der Waals surface area contributed by atoms with E-state index in [2.05, 4.69) is 31.9 Å². The molecule has 4 aliphatic rings. The van der Waals surface area contributed by atoms with Gasteiger partial charge in [0.2, 0.25) is 11.8 Å². The molecule has 3 aliphatic carbocycles. The van der Waals surface area contributed by atoms with E-state index < -0.39 is 11.8 Å². The summed E-state index contributed by atoms with van der Waals surface area (Å²) in [5.74, 6) is -1.78. The first-order valence-corrected chi connectivity index (χ1v) is 13.2. The molecular formula is C24H24Br2FNO5. The standard InChI is InChI=1S/C24H24Br2FNO5/c25-20-15-9-16(21(20)26)19-18(15)22(30)28(23(19)31)14-7-3-12(4-8-14)24(32)33-10-17(29)11-1-5-13(27)6-2-11/h1-2,5-6,12,14-16,18-21H,3-4,7-10H2/t12?,14?,15-,16-,18-,19-,20-,21+/m0/s1. The molecule has 33 heavy (non-hydrogen) atoms. The Kier molecular flexibility index (Phi) is 6.22. The Morgan fingerprint density at radius 3 is 2.03 bits per heavy atom. The highest BCUT2D eigenvalue weighted by atomic mass is 79.9. The van der Waals surface area contributed by atoms with Crippen LogP contribution in [0.15, 0.2) is 24.3 Å². The summed E-state index contributed by atoms with van der Waals surface area (Å²) >= 11 is 7.41. The van der Waals surface area contributed by atoms with E-state index in [1.807, 2.05) is 0 Å². The van der Waals surface area contributed by atoms with Crippen molar-refractivity contribution in [3.05, 3.63) is 35.6 Å². The lowest BCUT2D eigenvalue weighted by Crippen LogP contribution is -2.44. The van der Waals surface area contributed by atoms with Gasteiger partial charge in [0.25, 0.3) is 0 Å². The number of halogens is 3. The lowest BCUT2D eigenvalue weighted by molar-refractivity contribution is -0.149. The van der Waals surface area contributed by atoms with Crippen molar-refractivity contribution < 1.29 is 28.3 Å². The van der Waals surface area contributed by atoms with Gasteiger partial charge >= 0.3 is 5.97 Å². The van der Waals surface area contributed by atoms with Gasteiger partial charge in [-0.1, -0.05) is 31.9 Å². The molecule has 2 bridgehead atoms. The monoisotopic (exact) mass is 583 g/mol. The van der Waals surface area contributed by atoms with Gasteiger partial charge in [0, 0.05) is 21.3 Å². The number of hydrogen-bond acceptors (Lipinski definition) is 5. The zero-order chi connectivity index (χ0) is 23.4. The second kappa shape index (κ2) is 8.87. The van der Waals surface area contributed by atoms with E-state index in [4.69, 9.17) is 4.74 Å². The van der Waals surface area contributed by atoms with E-state index >= 15 is 0 Å². The number of fused-ring (bicyclic) bond motifs is 5. The van der Waals surface area contributed by atoms with Crippen molar-refractivity contribution in [1.29, 1.82) is 0 Å². The van der Waals surface area contributed by atoms with Crippen molar-refractivity contribution in [3.8, 4) is 0 Å². The number of likely N-dealkylation sites (tertiary alicyclic amines) is 1. The van der Waals surface area contributed by atoms with E-state index in [9.17, 15) is 23.6 Å². The quantitative estimate of drug-likeness (QED) is 0.227. The fraction of sp³-hybridized carbons (Fsp3) is 0.583. The third kappa shape index (κ3) is 3.89. The van der Waals surface area contributed by atoms with E-state index in [1.165, 1.54) is 29.2 Å². The molecular weight excluding hydrogens is 561 g/mol. The largest absolute Gasteiger partial charge is 0.457 e. The number of amides is 2. The Balaban J connectivity index is 1.15. The molecule has 176 valence electrons. The predicted molar refractivity (Wildman–Crippen MR) is 123 cm³/mol. The summed E-state index contributed by atoms with van der Waals surface area (Å²) in [6, 6.07) is 4.91. The fourth-order valence-electron chi connectivity index (χ4n) is 6.28. The van der Waals surface area contributed by atoms with Gasteiger partial charge < -0.3 is 4.74 Å². The van der Waals surface area contributed by atoms with Crippen LogP contribution in [0, 0.1) is 35.4 Å². The SMILES string of the molecule is O=C(COC(=O)C1CCC(N2C(=O)[C@H]3[C@@H]4C[C@H]([C@@H](Br)[C@H]4Br)[C@@H]3C2=O)CC1)c1ccc(F)cc1. The van der Waals surface area contributed by atoms with Crippen molar-refractivity contribution in [2.45, 2.75) is 47.8 Å². The zero-order valence-corrected chi connectivity index (χ0v) is 21.0. The molecule has 4 fully saturated rings. The van der Waals surface area contributed by atoms with Crippen LogP contribution in [0.25, 0.3) is 0 Å². The van der Waals surface area contributed by atoms with Gasteiger partial charge in [-0.2, -0.15) is 0 Å². The van der Waals surface area contributed by atoms with Crippen LogP contribution in [-0.4, -0.2) is 50.8 Å². The van der Waals surface area contributed by atoms with Gasteiger partial charge in [0.1, 0.15) is 5.82 Å². The van der Waals surface area contributed by atoms with Crippen LogP contribution in [0.4, 0.5) is 4.39 Å². The van der Waals surface area contributed by atoms with Crippen molar-refractivity contribution in [1.82, 2.24) is 4.90 Å². The number of Topliss-reactive ketones (excluding diaryl/α,β-unsaturated/α-hetero) is 1. The maximum atomic E-state index is 13.2. The molecule has 6 nitrogen and oxygen atoms in total. The number of alkyl halides is 2. The molecule has 0 aromatic heterocycles. The molecule has 1 saturated heterocycles. The lowest BCUT2D eigenvalue weighted by Gasteiger charge is -2.33. The number of benzene rings is 1. The van der Waals surface area contributed by atoms with Crippen molar-refractivity contribution in [2.75, 3.05) is 6.61 Å². The number of ketones is 1. The summed E-state index contributed by atoms with van der Waals surface area (Å²) in [4.78, 5) is 53.0. The molecule has 1 aromatic rings. The highest BCUT2D eigenvalue weighted by Gasteiger charge is 2.67. The Labute approximate surface area is 207 Å². The first kappa shape index (κ1) is 23.1. The van der Waals surface area contributed by atoms with Crippen LogP contribution in [0.5, 0.6) is 0 Å². The minimum Gasteiger partial charge on any atom is -0.457 e. The Morgan fingerprint density at radius 2 is 1.48 bits per heavy atom. The number of esters is 1. The molecule has 1 aromatic carbocycles. The predicted octanol–water partition coefficient (Wildman–Crippen LogP) is 3.89. The van der Waals surface area contributed by atoms with Crippen LogP contribution < -0.4 is 0 Å². The van der Waals surface area contributed by atoms with Gasteiger partial charge in [-0.25, -0.2) is 4.39 Å². The number of carbonyl (C=O) groups excluding carboxylic acids is 4. The summed E-state index contributed by atoms with van der Waals surface area (Å²) in [6.45, 7) is -0.388. The Hall–Kier alpha value is -1.61. The molecule has 5 rings (SSSR count). The molecule has 0 radical (unpaired) electrons. The lowest BCUT2D eigenvalue weighted by atomic mass is 9.81. The molecule has 3 saturated carbocycles. The number of hydrogen-bond donors (Lipinski definition) is 0.